The molecule has 0 radical (unpaired) electrons. The fraction of sp³-hybridized carbons (Fsp3) is 0.273. The van der Waals surface area contributed by atoms with Crippen molar-refractivity contribution in [1.82, 2.24) is 4.90 Å². The van der Waals surface area contributed by atoms with Crippen molar-refractivity contribution in [1.29, 1.82) is 0 Å². The molecule has 0 spiro atoms. The van der Waals surface area contributed by atoms with Crippen LogP contribution in [-0.4, -0.2) is 54.5 Å². The van der Waals surface area contributed by atoms with Gasteiger partial charge in [-0.05, 0) is 42.8 Å². The molecule has 0 atom stereocenters. The second-order valence-corrected chi connectivity index (χ2v) is 7.31. The van der Waals surface area contributed by atoms with Crippen LogP contribution < -0.4 is 4.90 Å². The van der Waals surface area contributed by atoms with E-state index in [1.165, 1.54) is 18.2 Å². The van der Waals surface area contributed by atoms with Crippen LogP contribution in [0, 0.1) is 10.1 Å². The number of amides is 1. The molecular weight excluding hydrogens is 422 g/mol. The van der Waals surface area contributed by atoms with E-state index in [9.17, 15) is 19.7 Å². The van der Waals surface area contributed by atoms with Gasteiger partial charge in [-0.15, -0.1) is 0 Å². The quantitative estimate of drug-likeness (QED) is 0.292. The Bertz CT molecular complexity index is 999. The summed E-state index contributed by atoms with van der Waals surface area (Å²) in [6.07, 6.45) is 3.24. The molecule has 2 aromatic rings. The highest BCUT2D eigenvalue weighted by molar-refractivity contribution is 6.30. The molecule has 1 saturated heterocycles. The molecule has 0 N–H and O–H groups in total. The molecule has 1 fully saturated rings. The van der Waals surface area contributed by atoms with Gasteiger partial charge in [0.1, 0.15) is 5.69 Å². The first-order valence-corrected chi connectivity index (χ1v) is 10.2. The summed E-state index contributed by atoms with van der Waals surface area (Å²) < 4.78 is 4.92. The zero-order chi connectivity index (χ0) is 22.4. The smallest absolute Gasteiger partial charge is 0.338 e. The number of ether oxygens (including phenoxy) is 1. The number of hydrogen-bond donors (Lipinski definition) is 0. The van der Waals surface area contributed by atoms with Crippen LogP contribution in [0.15, 0.2) is 48.5 Å². The number of benzene rings is 2. The summed E-state index contributed by atoms with van der Waals surface area (Å²) >= 11 is 5.86. The van der Waals surface area contributed by atoms with Crippen molar-refractivity contribution in [3.8, 4) is 0 Å². The number of anilines is 1. The lowest BCUT2D eigenvalue weighted by Gasteiger charge is -2.35. The number of esters is 1. The molecular formula is C22H22ClN3O5. The lowest BCUT2D eigenvalue weighted by molar-refractivity contribution is -0.384. The Labute approximate surface area is 184 Å². The standard InChI is InChI=1S/C22H22ClN3O5/c1-2-31-22(28)17-6-9-19(20(15-17)26(29)30)24-11-13-25(14-12-24)21(27)10-5-16-3-7-18(23)8-4-16/h3-10,15H,2,11-14H2,1H3/b10-5+. The molecule has 1 aliphatic heterocycles. The van der Waals surface area contributed by atoms with Gasteiger partial charge in [0.2, 0.25) is 5.91 Å². The van der Waals surface area contributed by atoms with Gasteiger partial charge in [-0.25, -0.2) is 4.79 Å². The highest BCUT2D eigenvalue weighted by atomic mass is 35.5. The van der Waals surface area contributed by atoms with Gasteiger partial charge in [-0.2, -0.15) is 0 Å². The molecule has 0 aromatic heterocycles. The summed E-state index contributed by atoms with van der Waals surface area (Å²) in [5.74, 6) is -0.721. The molecule has 1 aliphatic rings. The van der Waals surface area contributed by atoms with Gasteiger partial charge in [0.05, 0.1) is 17.1 Å². The first-order valence-electron chi connectivity index (χ1n) is 9.82. The molecule has 9 heteroatoms. The van der Waals surface area contributed by atoms with Gasteiger partial charge in [0.25, 0.3) is 5.69 Å². The third kappa shape index (κ3) is 5.61. The first kappa shape index (κ1) is 22.3. The number of carbonyl (C=O) groups is 2. The van der Waals surface area contributed by atoms with Crippen LogP contribution in [0.25, 0.3) is 6.08 Å². The highest BCUT2D eigenvalue weighted by Gasteiger charge is 2.26. The Balaban J connectivity index is 1.66. The van der Waals surface area contributed by atoms with Crippen LogP contribution in [0.5, 0.6) is 0 Å². The molecule has 8 nitrogen and oxygen atoms in total. The van der Waals surface area contributed by atoms with Gasteiger partial charge in [-0.1, -0.05) is 23.7 Å². The van der Waals surface area contributed by atoms with Crippen molar-refractivity contribution in [2.45, 2.75) is 6.92 Å². The number of nitro groups is 1. The first-order chi connectivity index (χ1) is 14.9. The molecule has 1 heterocycles. The minimum Gasteiger partial charge on any atom is -0.462 e. The second-order valence-electron chi connectivity index (χ2n) is 6.88. The average molecular weight is 444 g/mol. The van der Waals surface area contributed by atoms with Crippen LogP contribution >= 0.6 is 11.6 Å². The Morgan fingerprint density at radius 1 is 1.13 bits per heavy atom. The van der Waals surface area contributed by atoms with Crippen LogP contribution in [0.3, 0.4) is 0 Å². The van der Waals surface area contributed by atoms with Crippen LogP contribution in [-0.2, 0) is 9.53 Å². The maximum atomic E-state index is 12.5. The number of rotatable bonds is 6. The number of nitrogens with zero attached hydrogens (tertiary/aromatic N) is 3. The van der Waals surface area contributed by atoms with Crippen molar-refractivity contribution in [3.63, 3.8) is 0 Å². The van der Waals surface area contributed by atoms with Crippen LogP contribution in [0.4, 0.5) is 11.4 Å². The van der Waals surface area contributed by atoms with Crippen molar-refractivity contribution in [3.05, 3.63) is 74.8 Å². The van der Waals surface area contributed by atoms with Gasteiger partial charge < -0.3 is 14.5 Å². The topological polar surface area (TPSA) is 93.0 Å². The zero-order valence-electron chi connectivity index (χ0n) is 17.0. The van der Waals surface area contributed by atoms with E-state index < -0.39 is 10.9 Å². The molecule has 0 bridgehead atoms. The average Bonchev–Trinajstić information content (AvgIpc) is 2.78. The van der Waals surface area contributed by atoms with Crippen LogP contribution in [0.1, 0.15) is 22.8 Å². The minimum atomic E-state index is -0.597. The largest absolute Gasteiger partial charge is 0.462 e. The fourth-order valence-electron chi connectivity index (χ4n) is 3.29. The molecule has 0 saturated carbocycles. The van der Waals surface area contributed by atoms with Gasteiger partial charge >= 0.3 is 5.97 Å². The van der Waals surface area contributed by atoms with Gasteiger partial charge in [0.15, 0.2) is 0 Å². The summed E-state index contributed by atoms with van der Waals surface area (Å²) in [6.45, 7) is 3.62. The Morgan fingerprint density at radius 3 is 2.42 bits per heavy atom. The van der Waals surface area contributed by atoms with Crippen LogP contribution in [0.2, 0.25) is 5.02 Å². The summed E-state index contributed by atoms with van der Waals surface area (Å²) in [5, 5.41) is 12.2. The van der Waals surface area contributed by atoms with E-state index in [-0.39, 0.29) is 23.8 Å². The number of hydrogen-bond acceptors (Lipinski definition) is 6. The fourth-order valence-corrected chi connectivity index (χ4v) is 3.42. The number of halogens is 1. The highest BCUT2D eigenvalue weighted by Crippen LogP contribution is 2.30. The third-order valence-corrected chi connectivity index (χ3v) is 5.16. The zero-order valence-corrected chi connectivity index (χ0v) is 17.7. The lowest BCUT2D eigenvalue weighted by atomic mass is 10.1. The maximum Gasteiger partial charge on any atom is 0.338 e. The Morgan fingerprint density at radius 2 is 1.81 bits per heavy atom. The predicted octanol–water partition coefficient (Wildman–Crippen LogP) is 3.79. The van der Waals surface area contributed by atoms with E-state index in [4.69, 9.17) is 16.3 Å². The molecule has 0 unspecified atom stereocenters. The molecule has 0 aliphatic carbocycles. The molecule has 31 heavy (non-hydrogen) atoms. The summed E-state index contributed by atoms with van der Waals surface area (Å²) in [7, 11) is 0. The number of nitro benzene ring substituents is 1. The minimum absolute atomic E-state index is 0.123. The number of carbonyl (C=O) groups excluding carboxylic acids is 2. The van der Waals surface area contributed by atoms with E-state index in [1.807, 2.05) is 17.0 Å². The van der Waals surface area contributed by atoms with E-state index in [1.54, 1.807) is 36.1 Å². The molecule has 162 valence electrons. The summed E-state index contributed by atoms with van der Waals surface area (Å²) in [4.78, 5) is 39.0. The predicted molar refractivity (Wildman–Crippen MR) is 118 cm³/mol. The van der Waals surface area contributed by atoms with E-state index >= 15 is 0 Å². The second kappa shape index (κ2) is 10.1. The Kier molecular flexibility index (Phi) is 7.25. The normalized spacial score (nSPS) is 14.0. The summed E-state index contributed by atoms with van der Waals surface area (Å²) in [6, 6.07) is 11.5. The molecule has 2 aromatic carbocycles. The lowest BCUT2D eigenvalue weighted by Crippen LogP contribution is -2.48. The Hall–Kier alpha value is -3.39. The summed E-state index contributed by atoms with van der Waals surface area (Å²) in [5.41, 5.74) is 1.27. The van der Waals surface area contributed by atoms with E-state index in [0.717, 1.165) is 5.56 Å². The van der Waals surface area contributed by atoms with Gasteiger partial charge in [0, 0.05) is 43.3 Å². The molecule has 3 rings (SSSR count). The van der Waals surface area contributed by atoms with Crippen molar-refractivity contribution >= 4 is 40.9 Å². The molecule has 1 amide bonds. The van der Waals surface area contributed by atoms with Gasteiger partial charge in [-0.3, -0.25) is 14.9 Å². The van der Waals surface area contributed by atoms with Crippen molar-refractivity contribution < 1.29 is 19.2 Å². The third-order valence-electron chi connectivity index (χ3n) is 4.90. The van der Waals surface area contributed by atoms with Crippen molar-refractivity contribution in [2.24, 2.45) is 0 Å². The monoisotopic (exact) mass is 443 g/mol. The number of piperazine rings is 1. The van der Waals surface area contributed by atoms with E-state index in [2.05, 4.69) is 0 Å². The maximum absolute atomic E-state index is 12.5. The SMILES string of the molecule is CCOC(=O)c1ccc(N2CCN(C(=O)/C=C/c3ccc(Cl)cc3)CC2)c([N+](=O)[O-])c1. The van der Waals surface area contributed by atoms with E-state index in [0.29, 0.717) is 36.9 Å². The van der Waals surface area contributed by atoms with Crippen molar-refractivity contribution in [2.75, 3.05) is 37.7 Å².